The molecule has 0 unspecified atom stereocenters. The minimum atomic E-state index is -0.833. The Morgan fingerprint density at radius 2 is 1.58 bits per heavy atom. The molecule has 24 heavy (non-hydrogen) atoms. The summed E-state index contributed by atoms with van der Waals surface area (Å²) >= 11 is 2.15. The third-order valence-corrected chi connectivity index (χ3v) is 7.37. The van der Waals surface area contributed by atoms with Crippen molar-refractivity contribution in [3.05, 3.63) is 42.5 Å². The Kier molecular flexibility index (Phi) is 8.20. The third kappa shape index (κ3) is 7.31. The number of hydrogen-bond donors (Lipinski definition) is 0. The summed E-state index contributed by atoms with van der Waals surface area (Å²) in [7, 11) is -0.833. The fourth-order valence-corrected chi connectivity index (χ4v) is 6.28. The number of hydrogen-bond acceptors (Lipinski definition) is 2. The lowest BCUT2D eigenvalue weighted by Crippen LogP contribution is -2.19. The second kappa shape index (κ2) is 10.1. The van der Waals surface area contributed by atoms with Gasteiger partial charge in [0, 0.05) is 13.5 Å². The van der Waals surface area contributed by atoms with Crippen LogP contribution in [0.25, 0.3) is 10.8 Å². The molecule has 0 aliphatic carbocycles. The van der Waals surface area contributed by atoms with Crippen LogP contribution in [0.4, 0.5) is 0 Å². The fourth-order valence-electron chi connectivity index (χ4n) is 2.64. The van der Waals surface area contributed by atoms with Gasteiger partial charge < -0.3 is 4.74 Å². The molecule has 0 aliphatic rings. The highest BCUT2D eigenvalue weighted by Crippen LogP contribution is 2.25. The summed E-state index contributed by atoms with van der Waals surface area (Å²) in [5.74, 6) is 3.71. The predicted molar refractivity (Wildman–Crippen MR) is 113 cm³/mol. The molecule has 0 spiro atoms. The van der Waals surface area contributed by atoms with Crippen molar-refractivity contribution in [2.24, 2.45) is 0 Å². The van der Waals surface area contributed by atoms with E-state index < -0.39 is 8.07 Å². The number of ether oxygens (including phenoxy) is 1. The number of benzene rings is 2. The molecule has 2 rings (SSSR count). The van der Waals surface area contributed by atoms with Crippen LogP contribution in [0.2, 0.25) is 25.7 Å². The highest BCUT2D eigenvalue weighted by molar-refractivity contribution is 7.99. The highest BCUT2D eigenvalue weighted by Gasteiger charge is 2.11. The molecule has 132 valence electrons. The molecule has 0 heterocycles. The lowest BCUT2D eigenvalue weighted by Gasteiger charge is -2.14. The van der Waals surface area contributed by atoms with E-state index in [4.69, 9.17) is 4.74 Å². The molecule has 2 aromatic rings. The van der Waals surface area contributed by atoms with Gasteiger partial charge in [-0.3, -0.25) is 0 Å². The molecule has 0 saturated carbocycles. The topological polar surface area (TPSA) is 9.23 Å². The Labute approximate surface area is 153 Å². The molecule has 0 fully saturated rings. The van der Waals surface area contributed by atoms with Crippen LogP contribution in [0, 0.1) is 0 Å². The van der Waals surface area contributed by atoms with E-state index in [1.54, 1.807) is 0 Å². The first-order valence-electron chi connectivity index (χ1n) is 9.25. The fraction of sp³-hybridized carbons (Fsp3) is 0.524. The first kappa shape index (κ1) is 19.4. The number of thioether (sulfide) groups is 1. The Morgan fingerprint density at radius 3 is 2.42 bits per heavy atom. The number of fused-ring (bicyclic) bond motifs is 1. The minimum absolute atomic E-state index is 0.830. The van der Waals surface area contributed by atoms with Gasteiger partial charge in [0.15, 0.2) is 0 Å². The SMILES string of the molecule is C[Si](C)(C)CCSCCCCCCOc1cccc2ccccc12. The molecule has 0 bridgehead atoms. The van der Waals surface area contributed by atoms with Gasteiger partial charge in [0.1, 0.15) is 5.75 Å². The summed E-state index contributed by atoms with van der Waals surface area (Å²) in [5.41, 5.74) is 0. The van der Waals surface area contributed by atoms with Gasteiger partial charge in [-0.05, 0) is 41.8 Å². The molecular weight excluding hydrogens is 328 g/mol. The van der Waals surface area contributed by atoms with E-state index in [1.165, 1.54) is 47.6 Å². The van der Waals surface area contributed by atoms with Crippen LogP contribution in [0.5, 0.6) is 5.75 Å². The van der Waals surface area contributed by atoms with Crippen molar-refractivity contribution in [1.82, 2.24) is 0 Å². The van der Waals surface area contributed by atoms with Gasteiger partial charge in [0.2, 0.25) is 0 Å². The number of unbranched alkanes of at least 4 members (excludes halogenated alkanes) is 3. The first-order chi connectivity index (χ1) is 11.6. The van der Waals surface area contributed by atoms with Crippen LogP contribution in [0.15, 0.2) is 42.5 Å². The van der Waals surface area contributed by atoms with Gasteiger partial charge in [-0.2, -0.15) is 11.8 Å². The van der Waals surface area contributed by atoms with Gasteiger partial charge >= 0.3 is 0 Å². The smallest absolute Gasteiger partial charge is 0.127 e. The highest BCUT2D eigenvalue weighted by atomic mass is 32.2. The van der Waals surface area contributed by atoms with E-state index in [0.29, 0.717) is 0 Å². The molecule has 2 aromatic carbocycles. The monoisotopic (exact) mass is 360 g/mol. The van der Waals surface area contributed by atoms with Gasteiger partial charge in [-0.25, -0.2) is 0 Å². The second-order valence-electron chi connectivity index (χ2n) is 7.66. The zero-order valence-electron chi connectivity index (χ0n) is 15.5. The van der Waals surface area contributed by atoms with Crippen molar-refractivity contribution < 1.29 is 4.74 Å². The molecular formula is C21H32OSSi. The molecule has 0 aliphatic heterocycles. The van der Waals surface area contributed by atoms with E-state index in [0.717, 1.165) is 18.8 Å². The first-order valence-corrected chi connectivity index (χ1v) is 14.1. The zero-order chi connectivity index (χ0) is 17.3. The van der Waals surface area contributed by atoms with Gasteiger partial charge in [-0.15, -0.1) is 0 Å². The average Bonchev–Trinajstić information content (AvgIpc) is 2.55. The van der Waals surface area contributed by atoms with E-state index in [2.05, 4.69) is 73.9 Å². The molecule has 0 amide bonds. The van der Waals surface area contributed by atoms with Crippen molar-refractivity contribution >= 4 is 30.6 Å². The maximum absolute atomic E-state index is 6.00. The molecule has 3 heteroatoms. The van der Waals surface area contributed by atoms with Crippen LogP contribution in [-0.4, -0.2) is 26.2 Å². The van der Waals surface area contributed by atoms with Crippen molar-refractivity contribution in [3.8, 4) is 5.75 Å². The van der Waals surface area contributed by atoms with E-state index in [1.807, 2.05) is 0 Å². The van der Waals surface area contributed by atoms with Crippen molar-refractivity contribution in [3.63, 3.8) is 0 Å². The molecule has 0 N–H and O–H groups in total. The van der Waals surface area contributed by atoms with Crippen LogP contribution in [0.3, 0.4) is 0 Å². The maximum Gasteiger partial charge on any atom is 0.127 e. The van der Waals surface area contributed by atoms with Gasteiger partial charge in [0.25, 0.3) is 0 Å². The van der Waals surface area contributed by atoms with E-state index >= 15 is 0 Å². The largest absolute Gasteiger partial charge is 0.493 e. The van der Waals surface area contributed by atoms with Crippen molar-refractivity contribution in [2.75, 3.05) is 18.1 Å². The summed E-state index contributed by atoms with van der Waals surface area (Å²) in [6.45, 7) is 8.22. The Morgan fingerprint density at radius 1 is 0.833 bits per heavy atom. The lowest BCUT2D eigenvalue weighted by molar-refractivity contribution is 0.308. The number of rotatable bonds is 11. The maximum atomic E-state index is 6.00. The van der Waals surface area contributed by atoms with Crippen molar-refractivity contribution in [1.29, 1.82) is 0 Å². The Hall–Kier alpha value is -0.933. The molecule has 0 aromatic heterocycles. The summed E-state index contributed by atoms with van der Waals surface area (Å²) in [4.78, 5) is 0. The van der Waals surface area contributed by atoms with Crippen LogP contribution in [-0.2, 0) is 0 Å². The Bertz CT molecular complexity index is 601. The van der Waals surface area contributed by atoms with Crippen LogP contribution >= 0.6 is 11.8 Å². The summed E-state index contributed by atoms with van der Waals surface area (Å²) in [6, 6.07) is 16.2. The van der Waals surface area contributed by atoms with Gasteiger partial charge in [-0.1, -0.05) is 68.9 Å². The zero-order valence-corrected chi connectivity index (χ0v) is 17.3. The van der Waals surface area contributed by atoms with Crippen LogP contribution in [0.1, 0.15) is 25.7 Å². The quantitative estimate of drug-likeness (QED) is 0.320. The van der Waals surface area contributed by atoms with Crippen LogP contribution < -0.4 is 4.74 Å². The molecule has 0 saturated heterocycles. The van der Waals surface area contributed by atoms with E-state index in [-0.39, 0.29) is 0 Å². The second-order valence-corrected chi connectivity index (χ2v) is 14.5. The summed E-state index contributed by atoms with van der Waals surface area (Å²) in [6.07, 6.45) is 5.12. The third-order valence-electron chi connectivity index (χ3n) is 4.19. The predicted octanol–water partition coefficient (Wildman–Crippen LogP) is 6.85. The molecule has 1 nitrogen and oxygen atoms in total. The minimum Gasteiger partial charge on any atom is -0.493 e. The van der Waals surface area contributed by atoms with Crippen molar-refractivity contribution in [2.45, 2.75) is 51.4 Å². The Balaban J connectivity index is 1.54. The standard InChI is InChI=1S/C21H32OSSi/c1-24(2,3)18-17-23-16-9-5-4-8-15-22-21-14-10-12-19-11-6-7-13-20(19)21/h6-7,10-14H,4-5,8-9,15-18H2,1-3H3. The summed E-state index contributed by atoms with van der Waals surface area (Å²) < 4.78 is 6.00. The van der Waals surface area contributed by atoms with Gasteiger partial charge in [0.05, 0.1) is 6.61 Å². The van der Waals surface area contributed by atoms with E-state index in [9.17, 15) is 0 Å². The average molecular weight is 361 g/mol. The normalized spacial score (nSPS) is 11.8. The molecule has 0 atom stereocenters. The lowest BCUT2D eigenvalue weighted by atomic mass is 10.1. The molecule has 0 radical (unpaired) electrons. The summed E-state index contributed by atoms with van der Waals surface area (Å²) in [5, 5.41) is 2.48.